The largest absolute Gasteiger partial charge is 0.497 e. The highest BCUT2D eigenvalue weighted by Crippen LogP contribution is 2.23. The van der Waals surface area contributed by atoms with E-state index in [2.05, 4.69) is 6.07 Å². The molecule has 1 rings (SSSR count). The van der Waals surface area contributed by atoms with Crippen LogP contribution in [0.4, 0.5) is 0 Å². The van der Waals surface area contributed by atoms with Gasteiger partial charge in [0.1, 0.15) is 11.7 Å². The first-order valence-corrected chi connectivity index (χ1v) is 5.71. The van der Waals surface area contributed by atoms with Gasteiger partial charge >= 0.3 is 0 Å². The Hall–Kier alpha value is -1.82. The molecule has 0 fully saturated rings. The van der Waals surface area contributed by atoms with Crippen molar-refractivity contribution in [1.29, 1.82) is 5.26 Å². The van der Waals surface area contributed by atoms with Crippen molar-refractivity contribution in [3.63, 3.8) is 0 Å². The minimum absolute atomic E-state index is 0.0137. The van der Waals surface area contributed by atoms with Gasteiger partial charge in [0.05, 0.1) is 13.2 Å². The van der Waals surface area contributed by atoms with Gasteiger partial charge in [-0.1, -0.05) is 26.0 Å². The summed E-state index contributed by atoms with van der Waals surface area (Å²) in [7, 11) is 1.58. The number of nitrogens with zero attached hydrogens (tertiary/aromatic N) is 1. The van der Waals surface area contributed by atoms with Crippen molar-refractivity contribution in [2.24, 2.45) is 5.92 Å². The first kappa shape index (κ1) is 13.2. The lowest BCUT2D eigenvalue weighted by atomic mass is 9.88. The zero-order valence-electron chi connectivity index (χ0n) is 10.4. The van der Waals surface area contributed by atoms with E-state index in [1.54, 1.807) is 31.4 Å². The number of ketones is 1. The van der Waals surface area contributed by atoms with Crippen LogP contribution in [-0.2, 0) is 4.79 Å². The van der Waals surface area contributed by atoms with Crippen molar-refractivity contribution in [2.45, 2.75) is 26.2 Å². The lowest BCUT2D eigenvalue weighted by Gasteiger charge is -2.13. The Morgan fingerprint density at radius 1 is 1.41 bits per heavy atom. The maximum atomic E-state index is 12.0. The Labute approximate surface area is 102 Å². The lowest BCUT2D eigenvalue weighted by molar-refractivity contribution is -0.122. The summed E-state index contributed by atoms with van der Waals surface area (Å²) in [6, 6.07) is 9.16. The summed E-state index contributed by atoms with van der Waals surface area (Å²) in [5.41, 5.74) is 0.735. The molecular formula is C14H17NO2. The second-order valence-electron chi connectivity index (χ2n) is 4.05. The number of ether oxygens (including phenoxy) is 1. The Kier molecular flexibility index (Phi) is 4.71. The third-order valence-corrected chi connectivity index (χ3v) is 2.96. The van der Waals surface area contributed by atoms with Crippen molar-refractivity contribution in [3.05, 3.63) is 29.8 Å². The van der Waals surface area contributed by atoms with E-state index in [1.807, 2.05) is 13.8 Å². The van der Waals surface area contributed by atoms with Gasteiger partial charge < -0.3 is 4.74 Å². The van der Waals surface area contributed by atoms with Crippen molar-refractivity contribution in [3.8, 4) is 11.8 Å². The molecule has 0 aliphatic carbocycles. The van der Waals surface area contributed by atoms with Gasteiger partial charge in [-0.05, 0) is 24.1 Å². The number of carbonyl (C=O) groups excluding carboxylic acids is 1. The molecule has 3 nitrogen and oxygen atoms in total. The molecule has 0 saturated carbocycles. The average Bonchev–Trinajstić information content (AvgIpc) is 2.39. The summed E-state index contributed by atoms with van der Waals surface area (Å²) in [5, 5.41) is 9.12. The number of hydrogen-bond donors (Lipinski definition) is 0. The lowest BCUT2D eigenvalue weighted by Crippen LogP contribution is -2.18. The second kappa shape index (κ2) is 6.05. The number of Topliss-reactive ketones (excluding diaryl/α,β-unsaturated/α-hetero) is 1. The molecule has 1 aromatic rings. The first-order chi connectivity index (χ1) is 8.13. The molecule has 0 aliphatic heterocycles. The number of benzene rings is 1. The predicted molar refractivity (Wildman–Crippen MR) is 65.8 cm³/mol. The highest BCUT2D eigenvalue weighted by atomic mass is 16.5. The number of nitriles is 1. The summed E-state index contributed by atoms with van der Waals surface area (Å²) in [6.45, 7) is 3.81. The number of rotatable bonds is 5. The van der Waals surface area contributed by atoms with E-state index >= 15 is 0 Å². The van der Waals surface area contributed by atoms with Gasteiger partial charge in [0.15, 0.2) is 5.78 Å². The average molecular weight is 231 g/mol. The molecule has 0 saturated heterocycles. The number of hydrogen-bond acceptors (Lipinski definition) is 3. The zero-order chi connectivity index (χ0) is 12.8. The fourth-order valence-corrected chi connectivity index (χ4v) is 1.58. The molecule has 0 spiro atoms. The van der Waals surface area contributed by atoms with Gasteiger partial charge in [0, 0.05) is 5.92 Å². The van der Waals surface area contributed by atoms with E-state index in [-0.39, 0.29) is 11.7 Å². The highest BCUT2D eigenvalue weighted by Gasteiger charge is 2.24. The fourth-order valence-electron chi connectivity index (χ4n) is 1.58. The number of methoxy groups -OCH3 is 1. The van der Waals surface area contributed by atoms with E-state index in [0.29, 0.717) is 0 Å². The standard InChI is InChI=1S/C14H17NO2/c1-4-10(2)14(16)13(9-15)11-5-7-12(17-3)8-6-11/h5-8,10,13H,4H2,1-3H3. The van der Waals surface area contributed by atoms with E-state index < -0.39 is 5.92 Å². The summed E-state index contributed by atoms with van der Waals surface area (Å²) < 4.78 is 5.04. The molecule has 1 aromatic carbocycles. The fraction of sp³-hybridized carbons (Fsp3) is 0.429. The molecule has 0 N–H and O–H groups in total. The summed E-state index contributed by atoms with van der Waals surface area (Å²) in [5.74, 6) is -0.0424. The molecule has 90 valence electrons. The predicted octanol–water partition coefficient (Wildman–Crippen LogP) is 2.92. The molecule has 0 aromatic heterocycles. The molecule has 2 atom stereocenters. The maximum Gasteiger partial charge on any atom is 0.157 e. The quantitative estimate of drug-likeness (QED) is 0.782. The number of carbonyl (C=O) groups is 1. The Morgan fingerprint density at radius 2 is 2.00 bits per heavy atom. The molecular weight excluding hydrogens is 214 g/mol. The Bertz CT molecular complexity index is 417. The van der Waals surface area contributed by atoms with Crippen LogP contribution in [0.3, 0.4) is 0 Å². The van der Waals surface area contributed by atoms with Crippen LogP contribution in [0.25, 0.3) is 0 Å². The van der Waals surface area contributed by atoms with Crippen LogP contribution in [0.1, 0.15) is 31.7 Å². The van der Waals surface area contributed by atoms with Gasteiger partial charge in [-0.3, -0.25) is 4.79 Å². The van der Waals surface area contributed by atoms with Gasteiger partial charge in [0.25, 0.3) is 0 Å². The van der Waals surface area contributed by atoms with Gasteiger partial charge in [-0.15, -0.1) is 0 Å². The van der Waals surface area contributed by atoms with Crippen LogP contribution in [0.15, 0.2) is 24.3 Å². The van der Waals surface area contributed by atoms with Crippen molar-refractivity contribution in [1.82, 2.24) is 0 Å². The van der Waals surface area contributed by atoms with Gasteiger partial charge in [-0.25, -0.2) is 0 Å². The van der Waals surface area contributed by atoms with Crippen molar-refractivity contribution < 1.29 is 9.53 Å². The van der Waals surface area contributed by atoms with E-state index in [1.165, 1.54) is 0 Å². The Morgan fingerprint density at radius 3 is 2.41 bits per heavy atom. The molecule has 0 heterocycles. The minimum atomic E-state index is -0.671. The molecule has 17 heavy (non-hydrogen) atoms. The molecule has 3 heteroatoms. The minimum Gasteiger partial charge on any atom is -0.497 e. The Balaban J connectivity index is 2.94. The van der Waals surface area contributed by atoms with Crippen molar-refractivity contribution in [2.75, 3.05) is 7.11 Å². The monoisotopic (exact) mass is 231 g/mol. The summed E-state index contributed by atoms with van der Waals surface area (Å²) in [6.07, 6.45) is 0.757. The van der Waals surface area contributed by atoms with E-state index in [9.17, 15) is 4.79 Å². The van der Waals surface area contributed by atoms with Crippen LogP contribution in [0, 0.1) is 17.2 Å². The second-order valence-corrected chi connectivity index (χ2v) is 4.05. The molecule has 0 aliphatic rings. The smallest absolute Gasteiger partial charge is 0.157 e. The van der Waals surface area contributed by atoms with E-state index in [4.69, 9.17) is 10.00 Å². The van der Waals surface area contributed by atoms with Crippen LogP contribution < -0.4 is 4.74 Å². The third kappa shape index (κ3) is 3.07. The molecule has 2 unspecified atom stereocenters. The highest BCUT2D eigenvalue weighted by molar-refractivity contribution is 5.90. The SMILES string of the molecule is CCC(C)C(=O)C(C#N)c1ccc(OC)cc1. The maximum absolute atomic E-state index is 12.0. The van der Waals surface area contributed by atoms with Crippen LogP contribution in [-0.4, -0.2) is 12.9 Å². The van der Waals surface area contributed by atoms with Crippen LogP contribution >= 0.6 is 0 Å². The molecule has 0 radical (unpaired) electrons. The molecule has 0 bridgehead atoms. The van der Waals surface area contributed by atoms with E-state index in [0.717, 1.165) is 17.7 Å². The third-order valence-electron chi connectivity index (χ3n) is 2.96. The van der Waals surface area contributed by atoms with Crippen LogP contribution in [0.5, 0.6) is 5.75 Å². The normalized spacial score (nSPS) is 13.5. The topological polar surface area (TPSA) is 50.1 Å². The van der Waals surface area contributed by atoms with Crippen molar-refractivity contribution >= 4 is 5.78 Å². The molecule has 0 amide bonds. The summed E-state index contributed by atoms with van der Waals surface area (Å²) in [4.78, 5) is 12.0. The van der Waals surface area contributed by atoms with Gasteiger partial charge in [-0.2, -0.15) is 5.26 Å². The zero-order valence-corrected chi connectivity index (χ0v) is 10.4. The summed E-state index contributed by atoms with van der Waals surface area (Å²) >= 11 is 0. The first-order valence-electron chi connectivity index (χ1n) is 5.71. The van der Waals surface area contributed by atoms with Gasteiger partial charge in [0.2, 0.25) is 0 Å². The van der Waals surface area contributed by atoms with Crippen LogP contribution in [0.2, 0.25) is 0 Å².